The fourth-order valence-corrected chi connectivity index (χ4v) is 7.00. The van der Waals surface area contributed by atoms with Gasteiger partial charge in [0.2, 0.25) is 0 Å². The van der Waals surface area contributed by atoms with E-state index < -0.39 is 68.1 Å². The number of anilines is 2. The van der Waals surface area contributed by atoms with Crippen LogP contribution in [0, 0.1) is 0 Å². The number of nitrogen functional groups attached to an aromatic ring is 2. The molecule has 42 heavy (non-hydrogen) atoms. The summed E-state index contributed by atoms with van der Waals surface area (Å²) in [5.41, 5.74) is 12.8. The summed E-state index contributed by atoms with van der Waals surface area (Å²) in [6, 6.07) is 0. The number of alkyl halides is 1. The van der Waals surface area contributed by atoms with Crippen LogP contribution in [0.5, 0.6) is 0 Å². The van der Waals surface area contributed by atoms with Crippen LogP contribution in [-0.2, 0) is 37.6 Å². The Balaban J connectivity index is 1.12. The van der Waals surface area contributed by atoms with Crippen LogP contribution in [0.1, 0.15) is 18.9 Å². The van der Waals surface area contributed by atoms with E-state index in [4.69, 9.17) is 34.2 Å². The van der Waals surface area contributed by atoms with Crippen LogP contribution in [0.3, 0.4) is 0 Å². The molecule has 224 valence electrons. The van der Waals surface area contributed by atoms with Gasteiger partial charge in [-0.2, -0.15) is 13.1 Å². The zero-order chi connectivity index (χ0) is 29.2. The molecule has 3 saturated heterocycles. The van der Waals surface area contributed by atoms with E-state index in [1.807, 2.05) is 0 Å². The Hall–Kier alpha value is -3.43. The van der Waals surface area contributed by atoms with E-state index in [0.29, 0.717) is 11.2 Å². The lowest BCUT2D eigenvalue weighted by Crippen LogP contribution is -2.43. The Bertz CT molecular complexity index is 1790. The maximum Gasteiger partial charge on any atom is 0.336 e. The number of hydrogen-bond acceptors (Lipinski definition) is 16. The van der Waals surface area contributed by atoms with Gasteiger partial charge in [-0.1, -0.05) is 0 Å². The first kappa shape index (κ1) is 27.4. The van der Waals surface area contributed by atoms with Gasteiger partial charge >= 0.3 is 18.6 Å². The minimum Gasteiger partial charge on any atom is -0.382 e. The molecule has 3 fully saturated rings. The van der Waals surface area contributed by atoms with Crippen molar-refractivity contribution in [2.24, 2.45) is 0 Å². The summed E-state index contributed by atoms with van der Waals surface area (Å²) in [4.78, 5) is 24.3. The molecule has 0 amide bonds. The second-order valence-electron chi connectivity index (χ2n) is 9.62. The number of imidazole rings is 2. The smallest absolute Gasteiger partial charge is 0.336 e. The second-order valence-corrected chi connectivity index (χ2v) is 12.0. The third-order valence-electron chi connectivity index (χ3n) is 7.12. The SMILES string of the molecule is Nc1ncnc2c1ncn2[C@@H]1O[C@@H]2CNS(=O)(=O)O[C@H]3C[C@H](n4cnc5c(N)ncnc54)O[C@@H]3CO[PH](=O)O[C@H]2[C@H]1F. The van der Waals surface area contributed by atoms with Crippen molar-refractivity contribution in [2.45, 2.75) is 49.5 Å². The molecule has 22 heteroatoms. The Labute approximate surface area is 235 Å². The highest BCUT2D eigenvalue weighted by Crippen LogP contribution is 2.42. The highest BCUT2D eigenvalue weighted by atomic mass is 32.2. The molecular weight excluding hydrogens is 604 g/mol. The van der Waals surface area contributed by atoms with Crippen molar-refractivity contribution in [2.75, 3.05) is 24.6 Å². The van der Waals surface area contributed by atoms with Gasteiger partial charge in [0.1, 0.15) is 54.3 Å². The fraction of sp³-hybridized carbons (Fsp3) is 0.500. The Morgan fingerprint density at radius 3 is 2.31 bits per heavy atom. The van der Waals surface area contributed by atoms with E-state index in [2.05, 4.69) is 34.6 Å². The topological polar surface area (TPSA) is 249 Å². The maximum atomic E-state index is 15.8. The second kappa shape index (κ2) is 10.4. The van der Waals surface area contributed by atoms with Crippen molar-refractivity contribution >= 4 is 52.5 Å². The molecule has 3 aliphatic heterocycles. The standard InChI is InChI=1S/C20H23FN11O8PS/c21-12-15-9(38-20(12)32-7-29-14-17(23)25-5-27-19(14)32)2-30-42(34,35)40-8-1-11(37-10(8)3-36-41(33)39-15)31-6-28-13-16(22)24-4-26-18(13)31/h4-12,15,20,30,41H,1-3H2,(H2,22,24,26)(H2,23,25,27)/t8-,9+,10+,11+,12+,15+,20+/m0/s1. The van der Waals surface area contributed by atoms with Crippen LogP contribution in [-0.4, -0.2) is 91.2 Å². The first-order chi connectivity index (χ1) is 20.2. The van der Waals surface area contributed by atoms with Crippen molar-refractivity contribution in [1.82, 2.24) is 43.8 Å². The van der Waals surface area contributed by atoms with Gasteiger partial charge in [-0.3, -0.25) is 17.9 Å². The molecule has 3 aliphatic rings. The molecule has 0 aliphatic carbocycles. The lowest BCUT2D eigenvalue weighted by atomic mass is 10.1. The zero-order valence-corrected chi connectivity index (χ0v) is 23.1. The predicted octanol–water partition coefficient (Wildman–Crippen LogP) is -0.622. The third-order valence-corrected chi connectivity index (χ3v) is 9.00. The molecule has 1 unspecified atom stereocenters. The zero-order valence-electron chi connectivity index (χ0n) is 21.3. The van der Waals surface area contributed by atoms with E-state index in [1.54, 1.807) is 4.57 Å². The minimum atomic E-state index is -4.43. The molecule has 5 N–H and O–H groups in total. The monoisotopic (exact) mass is 627 g/mol. The normalized spacial score (nSPS) is 33.6. The van der Waals surface area contributed by atoms with Crippen molar-refractivity contribution in [3.05, 3.63) is 25.3 Å². The van der Waals surface area contributed by atoms with Crippen molar-refractivity contribution in [3.8, 4) is 0 Å². The van der Waals surface area contributed by atoms with Crippen LogP contribution in [0.15, 0.2) is 25.3 Å². The molecule has 19 nitrogen and oxygen atoms in total. The Morgan fingerprint density at radius 2 is 1.60 bits per heavy atom. The van der Waals surface area contributed by atoms with Crippen molar-refractivity contribution in [1.29, 1.82) is 0 Å². The van der Waals surface area contributed by atoms with E-state index >= 15 is 4.39 Å². The number of hydrogen-bond donors (Lipinski definition) is 3. The molecule has 0 bridgehead atoms. The van der Waals surface area contributed by atoms with E-state index in [-0.39, 0.29) is 35.8 Å². The summed E-state index contributed by atoms with van der Waals surface area (Å²) in [5.74, 6) is 0.233. The lowest BCUT2D eigenvalue weighted by molar-refractivity contribution is -0.0393. The first-order valence-corrected chi connectivity index (χ1v) is 15.1. The number of aromatic nitrogens is 8. The van der Waals surface area contributed by atoms with Gasteiger partial charge < -0.3 is 30.0 Å². The molecule has 0 spiro atoms. The van der Waals surface area contributed by atoms with Crippen LogP contribution in [0.4, 0.5) is 16.0 Å². The van der Waals surface area contributed by atoms with E-state index in [9.17, 15) is 13.0 Å². The number of ether oxygens (including phenoxy) is 2. The van der Waals surface area contributed by atoms with Crippen LogP contribution in [0.25, 0.3) is 22.3 Å². The summed E-state index contributed by atoms with van der Waals surface area (Å²) >= 11 is 0. The third kappa shape index (κ3) is 4.76. The fourth-order valence-electron chi connectivity index (χ4n) is 5.16. The van der Waals surface area contributed by atoms with E-state index in [1.165, 1.54) is 29.9 Å². The molecule has 0 radical (unpaired) electrons. The summed E-state index contributed by atoms with van der Waals surface area (Å²) in [6.45, 7) is -0.869. The summed E-state index contributed by atoms with van der Waals surface area (Å²) in [5, 5.41) is 0. The quantitative estimate of drug-likeness (QED) is 0.234. The predicted molar refractivity (Wildman–Crippen MR) is 138 cm³/mol. The molecule has 4 aromatic heterocycles. The summed E-state index contributed by atoms with van der Waals surface area (Å²) in [7, 11) is -7.76. The van der Waals surface area contributed by atoms with Gasteiger partial charge in [-0.15, -0.1) is 0 Å². The molecule has 7 heterocycles. The number of nitrogens with zero attached hydrogens (tertiary/aromatic N) is 8. The molecule has 0 aromatic carbocycles. The molecule has 0 saturated carbocycles. The number of nitrogens with one attached hydrogen (secondary N) is 1. The Morgan fingerprint density at radius 1 is 0.929 bits per heavy atom. The maximum absolute atomic E-state index is 15.8. The molecule has 8 atom stereocenters. The summed E-state index contributed by atoms with van der Waals surface area (Å²) in [6.07, 6.45) is -3.73. The van der Waals surface area contributed by atoms with Gasteiger partial charge in [-0.25, -0.2) is 34.3 Å². The van der Waals surface area contributed by atoms with Crippen LogP contribution >= 0.6 is 8.25 Å². The van der Waals surface area contributed by atoms with E-state index in [0.717, 1.165) is 0 Å². The summed E-state index contributed by atoms with van der Waals surface area (Å²) < 4.78 is 87.7. The molecule has 4 aromatic rings. The van der Waals surface area contributed by atoms with Crippen molar-refractivity contribution < 1.29 is 40.1 Å². The molecule has 7 rings (SSSR count). The Kier molecular flexibility index (Phi) is 6.77. The number of rotatable bonds is 2. The van der Waals surface area contributed by atoms with Gasteiger partial charge in [0.15, 0.2) is 35.3 Å². The number of halogens is 1. The largest absolute Gasteiger partial charge is 0.382 e. The highest BCUT2D eigenvalue weighted by molar-refractivity contribution is 7.84. The lowest BCUT2D eigenvalue weighted by Gasteiger charge is -2.23. The minimum absolute atomic E-state index is 0.0297. The van der Waals surface area contributed by atoms with Gasteiger partial charge in [0, 0.05) is 13.0 Å². The molecular formula is C20H23FN11O8PS. The van der Waals surface area contributed by atoms with Gasteiger partial charge in [-0.05, 0) is 0 Å². The number of nitrogens with two attached hydrogens (primary N) is 2. The highest BCUT2D eigenvalue weighted by Gasteiger charge is 2.50. The average molecular weight is 628 g/mol. The van der Waals surface area contributed by atoms with Crippen LogP contribution < -0.4 is 16.2 Å². The average Bonchev–Trinajstić information content (AvgIpc) is 3.72. The van der Waals surface area contributed by atoms with Gasteiger partial charge in [0.05, 0.1) is 19.3 Å². The van der Waals surface area contributed by atoms with Gasteiger partial charge in [0.25, 0.3) is 0 Å². The van der Waals surface area contributed by atoms with Crippen LogP contribution in [0.2, 0.25) is 0 Å². The first-order valence-electron chi connectivity index (χ1n) is 12.5. The van der Waals surface area contributed by atoms with Crippen molar-refractivity contribution in [3.63, 3.8) is 0 Å². The number of fused-ring (bicyclic) bond motifs is 4.